The van der Waals surface area contributed by atoms with Gasteiger partial charge in [0.1, 0.15) is 17.1 Å². The number of carbonyl (C=O) groups excluding carboxylic acids is 3. The van der Waals surface area contributed by atoms with E-state index in [1.54, 1.807) is 42.5 Å². The summed E-state index contributed by atoms with van der Waals surface area (Å²) < 4.78 is 5.53. The van der Waals surface area contributed by atoms with Gasteiger partial charge in [0.2, 0.25) is 17.6 Å². The normalized spacial score (nSPS) is 21.5. The fourth-order valence-corrected chi connectivity index (χ4v) is 4.65. The molecule has 1 aliphatic carbocycles. The second-order valence-corrected chi connectivity index (χ2v) is 7.33. The monoisotopic (exact) mass is 409 g/mol. The Morgan fingerprint density at radius 2 is 1.71 bits per heavy atom. The molecular formula is C24H15N3O4. The SMILES string of the molecule is C=CCN1C(=O)[C@]2(C(C#N)=C(N)OC3=C2C(=O)c2ccccc2C3=O)c2ccccc21. The molecule has 3 aliphatic rings. The van der Waals surface area contributed by atoms with E-state index in [9.17, 15) is 19.6 Å². The van der Waals surface area contributed by atoms with Crippen molar-refractivity contribution in [2.45, 2.75) is 5.41 Å². The molecule has 31 heavy (non-hydrogen) atoms. The molecule has 0 radical (unpaired) electrons. The number of hydrogen-bond donors (Lipinski definition) is 1. The summed E-state index contributed by atoms with van der Waals surface area (Å²) in [6, 6.07) is 15.1. The first-order valence-electron chi connectivity index (χ1n) is 9.52. The number of Topliss-reactive ketones (excluding diaryl/α,β-unsaturated/α-hetero) is 2. The first-order valence-corrected chi connectivity index (χ1v) is 9.52. The Balaban J connectivity index is 1.91. The second kappa shape index (κ2) is 6.28. The Labute approximate surface area is 177 Å². The van der Waals surface area contributed by atoms with E-state index in [0.717, 1.165) is 0 Å². The number of amides is 1. The van der Waals surface area contributed by atoms with Crippen LogP contribution < -0.4 is 10.6 Å². The number of nitrogens with zero attached hydrogens (tertiary/aromatic N) is 2. The number of ether oxygens (including phenoxy) is 1. The Morgan fingerprint density at radius 3 is 2.39 bits per heavy atom. The summed E-state index contributed by atoms with van der Waals surface area (Å²) in [5.41, 5.74) is 5.04. The Kier molecular flexibility index (Phi) is 3.76. The third kappa shape index (κ3) is 2.08. The zero-order valence-electron chi connectivity index (χ0n) is 16.2. The summed E-state index contributed by atoms with van der Waals surface area (Å²) in [5.74, 6) is -2.34. The van der Waals surface area contributed by atoms with Gasteiger partial charge in [-0.3, -0.25) is 14.4 Å². The van der Waals surface area contributed by atoms with Gasteiger partial charge < -0.3 is 15.4 Å². The number of benzene rings is 2. The number of ketones is 2. The van der Waals surface area contributed by atoms with Gasteiger partial charge >= 0.3 is 0 Å². The summed E-state index contributed by atoms with van der Waals surface area (Å²) in [6.45, 7) is 3.86. The van der Waals surface area contributed by atoms with E-state index in [4.69, 9.17) is 10.5 Å². The first-order chi connectivity index (χ1) is 15.0. The van der Waals surface area contributed by atoms with E-state index in [1.807, 2.05) is 6.07 Å². The number of nitrogens with two attached hydrogens (primary N) is 1. The van der Waals surface area contributed by atoms with Crippen LogP contribution in [0.1, 0.15) is 26.3 Å². The average Bonchev–Trinajstić information content (AvgIpc) is 3.01. The van der Waals surface area contributed by atoms with Crippen molar-refractivity contribution in [3.8, 4) is 6.07 Å². The molecule has 150 valence electrons. The van der Waals surface area contributed by atoms with Gasteiger partial charge in [-0.15, -0.1) is 6.58 Å². The molecule has 5 rings (SSSR count). The van der Waals surface area contributed by atoms with E-state index in [-0.39, 0.29) is 40.5 Å². The molecule has 1 amide bonds. The molecule has 2 heterocycles. The highest BCUT2D eigenvalue weighted by molar-refractivity contribution is 6.32. The van der Waals surface area contributed by atoms with E-state index >= 15 is 0 Å². The highest BCUT2D eigenvalue weighted by Crippen LogP contribution is 2.55. The van der Waals surface area contributed by atoms with Crippen LogP contribution in [-0.4, -0.2) is 24.0 Å². The number of nitriles is 1. The highest BCUT2D eigenvalue weighted by Gasteiger charge is 2.63. The number of hydrogen-bond acceptors (Lipinski definition) is 6. The molecule has 2 N–H and O–H groups in total. The topological polar surface area (TPSA) is 113 Å². The zero-order chi connectivity index (χ0) is 21.9. The molecule has 1 atom stereocenters. The van der Waals surface area contributed by atoms with Crippen LogP contribution >= 0.6 is 0 Å². The lowest BCUT2D eigenvalue weighted by Gasteiger charge is -2.37. The predicted molar refractivity (Wildman–Crippen MR) is 111 cm³/mol. The Morgan fingerprint density at radius 1 is 1.06 bits per heavy atom. The maximum absolute atomic E-state index is 13.9. The molecule has 0 aromatic heterocycles. The van der Waals surface area contributed by atoms with Crippen LogP contribution in [0.5, 0.6) is 0 Å². The lowest BCUT2D eigenvalue weighted by Crippen LogP contribution is -2.50. The van der Waals surface area contributed by atoms with Gasteiger partial charge in [0.15, 0.2) is 11.5 Å². The molecule has 0 fully saturated rings. The Bertz CT molecular complexity index is 1340. The van der Waals surface area contributed by atoms with Crippen LogP contribution in [0.25, 0.3) is 0 Å². The smallest absolute Gasteiger partial charge is 0.248 e. The minimum absolute atomic E-state index is 0.151. The Hall–Kier alpha value is -4.44. The van der Waals surface area contributed by atoms with Crippen molar-refractivity contribution < 1.29 is 19.1 Å². The maximum Gasteiger partial charge on any atom is 0.248 e. The number of anilines is 1. The summed E-state index contributed by atoms with van der Waals surface area (Å²) in [7, 11) is 0. The first kappa shape index (κ1) is 18.6. The zero-order valence-corrected chi connectivity index (χ0v) is 16.2. The predicted octanol–water partition coefficient (Wildman–Crippen LogP) is 2.51. The van der Waals surface area contributed by atoms with Crippen LogP contribution in [0.2, 0.25) is 0 Å². The molecule has 0 saturated carbocycles. The molecule has 2 aromatic carbocycles. The lowest BCUT2D eigenvalue weighted by molar-refractivity contribution is -0.121. The summed E-state index contributed by atoms with van der Waals surface area (Å²) in [5, 5.41) is 10.0. The third-order valence-electron chi connectivity index (χ3n) is 5.87. The van der Waals surface area contributed by atoms with E-state index in [1.165, 1.54) is 17.0 Å². The summed E-state index contributed by atoms with van der Waals surface area (Å²) in [6.07, 6.45) is 1.55. The van der Waals surface area contributed by atoms with E-state index in [0.29, 0.717) is 11.3 Å². The minimum atomic E-state index is -1.87. The summed E-state index contributed by atoms with van der Waals surface area (Å²) >= 11 is 0. The van der Waals surface area contributed by atoms with Gasteiger partial charge in [-0.25, -0.2) is 0 Å². The van der Waals surface area contributed by atoms with Crippen molar-refractivity contribution in [2.24, 2.45) is 5.73 Å². The number of carbonyl (C=O) groups is 3. The van der Waals surface area contributed by atoms with Crippen molar-refractivity contribution >= 4 is 23.2 Å². The van der Waals surface area contributed by atoms with Crippen molar-refractivity contribution in [1.29, 1.82) is 5.26 Å². The van der Waals surface area contributed by atoms with Gasteiger partial charge in [0.25, 0.3) is 0 Å². The quantitative estimate of drug-likeness (QED) is 0.763. The molecule has 2 aromatic rings. The fraction of sp³-hybridized carbons (Fsp3) is 0.0833. The van der Waals surface area contributed by atoms with E-state index in [2.05, 4.69) is 6.58 Å². The molecule has 0 saturated heterocycles. The van der Waals surface area contributed by atoms with Gasteiger partial charge in [0.05, 0.1) is 5.57 Å². The molecule has 0 unspecified atom stereocenters. The van der Waals surface area contributed by atoms with Crippen LogP contribution in [0.3, 0.4) is 0 Å². The molecule has 7 nitrogen and oxygen atoms in total. The van der Waals surface area contributed by atoms with Crippen molar-refractivity contribution in [3.63, 3.8) is 0 Å². The standard InChI is InChI=1S/C24H15N3O4/c1-2-11-27-17-10-6-5-9-15(17)24(23(27)30)16(12-25)22(26)31-21-18(24)19(28)13-7-3-4-8-14(13)20(21)29/h2-10H,1,11,26H2/t24-/m0/s1. The number of para-hydroxylation sites is 1. The third-order valence-corrected chi connectivity index (χ3v) is 5.87. The van der Waals surface area contributed by atoms with Gasteiger partial charge in [-0.1, -0.05) is 48.5 Å². The number of allylic oxidation sites excluding steroid dienone is 1. The van der Waals surface area contributed by atoms with Crippen molar-refractivity contribution in [3.05, 3.63) is 101 Å². The molecule has 0 bridgehead atoms. The molecule has 2 aliphatic heterocycles. The van der Waals surface area contributed by atoms with Gasteiger partial charge in [0, 0.05) is 28.9 Å². The highest BCUT2D eigenvalue weighted by atomic mass is 16.5. The summed E-state index contributed by atoms with van der Waals surface area (Å²) in [4.78, 5) is 42.3. The number of fused-ring (bicyclic) bond motifs is 4. The van der Waals surface area contributed by atoms with Crippen LogP contribution in [0, 0.1) is 11.3 Å². The lowest BCUT2D eigenvalue weighted by atomic mass is 9.64. The average molecular weight is 409 g/mol. The van der Waals surface area contributed by atoms with Gasteiger partial charge in [-0.05, 0) is 6.07 Å². The van der Waals surface area contributed by atoms with Crippen molar-refractivity contribution in [1.82, 2.24) is 0 Å². The van der Waals surface area contributed by atoms with Crippen LogP contribution in [0.15, 0.2) is 84.0 Å². The number of rotatable bonds is 2. The molecule has 1 spiro atoms. The van der Waals surface area contributed by atoms with Gasteiger partial charge in [-0.2, -0.15) is 5.26 Å². The van der Waals surface area contributed by atoms with Crippen LogP contribution in [-0.2, 0) is 14.9 Å². The second-order valence-electron chi connectivity index (χ2n) is 7.33. The largest absolute Gasteiger partial charge is 0.436 e. The fourth-order valence-electron chi connectivity index (χ4n) is 4.65. The molecular weight excluding hydrogens is 394 g/mol. The minimum Gasteiger partial charge on any atom is -0.436 e. The van der Waals surface area contributed by atoms with E-state index < -0.39 is 22.9 Å². The molecule has 7 heteroatoms. The van der Waals surface area contributed by atoms with Crippen LogP contribution in [0.4, 0.5) is 5.69 Å². The maximum atomic E-state index is 13.9. The van der Waals surface area contributed by atoms with Crippen molar-refractivity contribution in [2.75, 3.05) is 11.4 Å².